The van der Waals surface area contributed by atoms with Gasteiger partial charge in [0.2, 0.25) is 15.9 Å². The fraction of sp³-hybridized carbons (Fsp3) is 0.533. The van der Waals surface area contributed by atoms with Gasteiger partial charge >= 0.3 is 0 Å². The van der Waals surface area contributed by atoms with E-state index in [0.717, 1.165) is 17.7 Å². The molecule has 0 aliphatic carbocycles. The molecule has 1 heterocycles. The normalized spacial score (nSPS) is 18.8. The third kappa shape index (κ3) is 3.59. The molecular formula is C15H23N3O3S. The summed E-state index contributed by atoms with van der Waals surface area (Å²) in [6.07, 6.45) is 0.781. The minimum absolute atomic E-state index is 0.00282. The van der Waals surface area contributed by atoms with Crippen molar-refractivity contribution in [1.29, 1.82) is 0 Å². The number of benzene rings is 1. The summed E-state index contributed by atoms with van der Waals surface area (Å²) in [5.41, 5.74) is 2.13. The summed E-state index contributed by atoms with van der Waals surface area (Å²) in [5, 5.41) is 0. The number of carbonyl (C=O) groups is 1. The van der Waals surface area contributed by atoms with E-state index in [9.17, 15) is 13.2 Å². The first-order chi connectivity index (χ1) is 10.4. The van der Waals surface area contributed by atoms with Crippen LogP contribution in [0.15, 0.2) is 24.3 Å². The topological polar surface area (TPSA) is 69.7 Å². The van der Waals surface area contributed by atoms with Crippen LogP contribution in [0.1, 0.15) is 18.9 Å². The molecule has 22 heavy (non-hydrogen) atoms. The molecule has 0 aromatic heterocycles. The average Bonchev–Trinajstić information content (AvgIpc) is 2.64. The predicted molar refractivity (Wildman–Crippen MR) is 87.2 cm³/mol. The molecule has 1 aliphatic heterocycles. The van der Waals surface area contributed by atoms with Gasteiger partial charge in [-0.05, 0) is 25.1 Å². The molecule has 1 aliphatic rings. The van der Waals surface area contributed by atoms with Crippen molar-refractivity contribution < 1.29 is 13.2 Å². The number of hydrogen-bond donors (Lipinski definition) is 1. The number of nitrogens with zero attached hydrogens (tertiary/aromatic N) is 2. The molecule has 0 radical (unpaired) electrons. The largest absolute Gasteiger partial charge is 0.372 e. The van der Waals surface area contributed by atoms with Gasteiger partial charge in [0.1, 0.15) is 5.75 Å². The maximum absolute atomic E-state index is 12.5. The molecule has 1 N–H and O–H groups in total. The second-order valence-corrected chi connectivity index (χ2v) is 7.48. The summed E-state index contributed by atoms with van der Waals surface area (Å²) in [5.74, 6) is -0.863. The molecular weight excluding hydrogens is 302 g/mol. The number of para-hydroxylation sites is 1. The fourth-order valence-electron chi connectivity index (χ4n) is 2.80. The number of sulfonamides is 1. The van der Waals surface area contributed by atoms with Crippen LogP contribution in [0.2, 0.25) is 0 Å². The zero-order chi connectivity index (χ0) is 16.3. The monoisotopic (exact) mass is 325 g/mol. The second-order valence-electron chi connectivity index (χ2n) is 5.56. The molecule has 122 valence electrons. The highest BCUT2D eigenvalue weighted by Crippen LogP contribution is 2.27. The summed E-state index contributed by atoms with van der Waals surface area (Å²) in [7, 11) is -0.233. The van der Waals surface area contributed by atoms with Gasteiger partial charge in [-0.3, -0.25) is 4.79 Å². The van der Waals surface area contributed by atoms with Crippen molar-refractivity contribution in [3.05, 3.63) is 29.8 Å². The van der Waals surface area contributed by atoms with Crippen LogP contribution < -0.4 is 9.62 Å². The molecule has 1 amide bonds. The van der Waals surface area contributed by atoms with Gasteiger partial charge in [-0.1, -0.05) is 25.1 Å². The van der Waals surface area contributed by atoms with Crippen LogP contribution >= 0.6 is 0 Å². The van der Waals surface area contributed by atoms with Gasteiger partial charge in [0.25, 0.3) is 0 Å². The lowest BCUT2D eigenvalue weighted by molar-refractivity contribution is -0.131. The summed E-state index contributed by atoms with van der Waals surface area (Å²) < 4.78 is 25.6. The number of carbonyl (C=O) groups excluding carboxylic acids is 1. The second kappa shape index (κ2) is 6.66. The third-order valence-electron chi connectivity index (χ3n) is 4.09. The van der Waals surface area contributed by atoms with Crippen molar-refractivity contribution in [3.8, 4) is 0 Å². The van der Waals surface area contributed by atoms with E-state index in [0.29, 0.717) is 13.1 Å². The van der Waals surface area contributed by atoms with Gasteiger partial charge < -0.3 is 9.80 Å². The first-order valence-electron chi connectivity index (χ1n) is 7.37. The van der Waals surface area contributed by atoms with E-state index >= 15 is 0 Å². The first-order valence-corrected chi connectivity index (χ1v) is 9.03. The molecule has 1 aromatic rings. The number of anilines is 1. The van der Waals surface area contributed by atoms with Crippen molar-refractivity contribution in [2.45, 2.75) is 25.9 Å². The molecule has 0 saturated carbocycles. The van der Waals surface area contributed by atoms with E-state index in [1.165, 1.54) is 7.05 Å². The van der Waals surface area contributed by atoms with Crippen molar-refractivity contribution in [2.24, 2.45) is 0 Å². The SMILES string of the molecule is CCC1CN(C)c2ccccc2CN1C(=O)CS(=O)(=O)NC. The molecule has 1 aromatic carbocycles. The standard InChI is InChI=1S/C15H23N3O3S/c1-4-13-10-17(3)14-8-6-5-7-12(14)9-18(13)15(19)11-22(20,21)16-2/h5-8,13,16H,4,9-11H2,1-3H3. The first kappa shape index (κ1) is 16.8. The number of hydrogen-bond acceptors (Lipinski definition) is 4. The highest BCUT2D eigenvalue weighted by atomic mass is 32.2. The van der Waals surface area contributed by atoms with E-state index in [1.807, 2.05) is 38.2 Å². The lowest BCUT2D eigenvalue weighted by Crippen LogP contribution is -2.46. The Hall–Kier alpha value is -1.60. The Morgan fingerprint density at radius 1 is 1.36 bits per heavy atom. The number of fused-ring (bicyclic) bond motifs is 1. The van der Waals surface area contributed by atoms with E-state index in [1.54, 1.807) is 4.90 Å². The Bertz CT molecular complexity index is 645. The molecule has 1 unspecified atom stereocenters. The predicted octanol–water partition coefficient (Wildman–Crippen LogP) is 0.793. The third-order valence-corrected chi connectivity index (χ3v) is 5.33. The van der Waals surface area contributed by atoms with Gasteiger partial charge in [-0.15, -0.1) is 0 Å². The van der Waals surface area contributed by atoms with Crippen molar-refractivity contribution >= 4 is 21.6 Å². The maximum Gasteiger partial charge on any atom is 0.239 e. The minimum atomic E-state index is -3.56. The Balaban J connectivity index is 2.31. The Morgan fingerprint density at radius 2 is 2.05 bits per heavy atom. The molecule has 0 fully saturated rings. The Kier molecular flexibility index (Phi) is 5.08. The van der Waals surface area contributed by atoms with E-state index in [2.05, 4.69) is 9.62 Å². The maximum atomic E-state index is 12.5. The van der Waals surface area contributed by atoms with Crippen LogP contribution in [0, 0.1) is 0 Å². The quantitative estimate of drug-likeness (QED) is 0.889. The summed E-state index contributed by atoms with van der Waals surface area (Å²) in [6.45, 7) is 3.15. The summed E-state index contributed by atoms with van der Waals surface area (Å²) >= 11 is 0. The van der Waals surface area contributed by atoms with Gasteiger partial charge in [-0.2, -0.15) is 0 Å². The van der Waals surface area contributed by atoms with Gasteiger partial charge in [0.15, 0.2) is 0 Å². The van der Waals surface area contributed by atoms with E-state index < -0.39 is 15.8 Å². The molecule has 7 heteroatoms. The van der Waals surface area contributed by atoms with Crippen LogP contribution in [0.5, 0.6) is 0 Å². The Morgan fingerprint density at radius 3 is 2.68 bits per heavy atom. The zero-order valence-electron chi connectivity index (χ0n) is 13.2. The highest BCUT2D eigenvalue weighted by molar-refractivity contribution is 7.90. The number of amides is 1. The molecule has 2 rings (SSSR count). The Labute approximate surface area is 132 Å². The van der Waals surface area contributed by atoms with Crippen LogP contribution in [-0.2, 0) is 21.4 Å². The summed E-state index contributed by atoms with van der Waals surface area (Å²) in [6, 6.07) is 7.92. The number of likely N-dealkylation sites (N-methyl/N-ethyl adjacent to an activating group) is 1. The minimum Gasteiger partial charge on any atom is -0.372 e. The number of rotatable bonds is 4. The molecule has 0 bridgehead atoms. The molecule has 1 atom stereocenters. The number of nitrogens with one attached hydrogen (secondary N) is 1. The fourth-order valence-corrected chi connectivity index (χ4v) is 3.44. The molecule has 0 spiro atoms. The van der Waals surface area contributed by atoms with Gasteiger partial charge in [0, 0.05) is 31.9 Å². The van der Waals surface area contributed by atoms with E-state index in [-0.39, 0.29) is 11.9 Å². The van der Waals surface area contributed by atoms with Crippen molar-refractivity contribution in [2.75, 3.05) is 31.3 Å². The molecule has 6 nitrogen and oxygen atoms in total. The summed E-state index contributed by atoms with van der Waals surface area (Å²) in [4.78, 5) is 16.3. The lowest BCUT2D eigenvalue weighted by Gasteiger charge is -2.30. The van der Waals surface area contributed by atoms with Gasteiger partial charge in [-0.25, -0.2) is 13.1 Å². The van der Waals surface area contributed by atoms with Crippen molar-refractivity contribution in [1.82, 2.24) is 9.62 Å². The van der Waals surface area contributed by atoms with Crippen molar-refractivity contribution in [3.63, 3.8) is 0 Å². The van der Waals surface area contributed by atoms with Gasteiger partial charge in [0.05, 0.1) is 0 Å². The zero-order valence-corrected chi connectivity index (χ0v) is 14.1. The lowest BCUT2D eigenvalue weighted by atomic mass is 10.1. The van der Waals surface area contributed by atoms with E-state index in [4.69, 9.17) is 0 Å². The molecule has 0 saturated heterocycles. The smallest absolute Gasteiger partial charge is 0.239 e. The van der Waals surface area contributed by atoms with Crippen LogP contribution in [0.4, 0.5) is 5.69 Å². The van der Waals surface area contributed by atoms with Crippen LogP contribution in [0.25, 0.3) is 0 Å². The van der Waals surface area contributed by atoms with Crippen LogP contribution in [-0.4, -0.2) is 51.7 Å². The van der Waals surface area contributed by atoms with Crippen LogP contribution in [0.3, 0.4) is 0 Å². The average molecular weight is 325 g/mol. The highest BCUT2D eigenvalue weighted by Gasteiger charge is 2.30.